The van der Waals surface area contributed by atoms with Gasteiger partial charge in [0.05, 0.1) is 30.1 Å². The molecule has 88 heavy (non-hydrogen) atoms. The van der Waals surface area contributed by atoms with E-state index in [1.54, 1.807) is 0 Å². The lowest BCUT2D eigenvalue weighted by atomic mass is 9.93. The number of aryl methyl sites for hydroxylation is 2. The number of unbranched alkanes of at least 4 members (excludes halogenated alkanes) is 34. The zero-order valence-corrected chi connectivity index (χ0v) is 61.8. The Bertz CT molecular complexity index is 2430. The van der Waals surface area contributed by atoms with Gasteiger partial charge >= 0.3 is 0 Å². The van der Waals surface area contributed by atoms with Crippen LogP contribution in [-0.4, -0.2) is 24.9 Å². The van der Waals surface area contributed by atoms with E-state index in [2.05, 4.69) is 132 Å². The first-order valence-electron chi connectivity index (χ1n) is 37.4. The second-order valence-electron chi connectivity index (χ2n) is 27.3. The van der Waals surface area contributed by atoms with Gasteiger partial charge in [-0.1, -0.05) is 310 Å². The van der Waals surface area contributed by atoms with Gasteiger partial charge in [-0.2, -0.15) is 0 Å². The third-order valence-corrected chi connectivity index (χ3v) is 23.7. The van der Waals surface area contributed by atoms with Gasteiger partial charge in [0.2, 0.25) is 0 Å². The summed E-state index contributed by atoms with van der Waals surface area (Å²) in [5, 5.41) is 0. The number of amides is 2. The summed E-state index contributed by atoms with van der Waals surface area (Å²) in [5.41, 5.74) is 10.2. The molecule has 2 aromatic carbocycles. The Morgan fingerprint density at radius 3 is 0.898 bits per heavy atom. The fraction of sp³-hybridized carbons (Fsp3) is 0.700. The first-order chi connectivity index (χ1) is 43.2. The Morgan fingerprint density at radius 2 is 0.602 bits per heavy atom. The summed E-state index contributed by atoms with van der Waals surface area (Å²) in [5.74, 6) is 0.838. The van der Waals surface area contributed by atoms with Crippen molar-refractivity contribution in [3.63, 3.8) is 0 Å². The number of nitrogens with zero attached hydrogens (tertiary/aromatic N) is 2. The van der Waals surface area contributed by atoms with Crippen LogP contribution in [0.4, 0.5) is 11.4 Å². The molecular weight excluding hydrogens is 1240 g/mol. The lowest BCUT2D eigenvalue weighted by Crippen LogP contribution is -2.34. The van der Waals surface area contributed by atoms with Gasteiger partial charge in [-0.15, -0.1) is 22.7 Å². The number of benzene rings is 2. The fourth-order valence-corrected chi connectivity index (χ4v) is 17.7. The number of carbonyl (C=O) groups excluding carboxylic acids is 2. The molecule has 2 aliphatic heterocycles. The Kier molecular flexibility index (Phi) is 37.4. The van der Waals surface area contributed by atoms with E-state index >= 15 is 9.59 Å². The van der Waals surface area contributed by atoms with Crippen LogP contribution in [0.15, 0.2) is 56.1 Å². The van der Waals surface area contributed by atoms with Crippen molar-refractivity contribution < 1.29 is 9.59 Å². The van der Waals surface area contributed by atoms with Crippen molar-refractivity contribution in [1.29, 1.82) is 0 Å². The van der Waals surface area contributed by atoms with Crippen LogP contribution in [0.2, 0.25) is 0 Å². The topological polar surface area (TPSA) is 40.6 Å². The van der Waals surface area contributed by atoms with Crippen LogP contribution in [-0.2, 0) is 22.4 Å². The van der Waals surface area contributed by atoms with Crippen LogP contribution < -0.4 is 9.80 Å². The predicted octanol–water partition coefficient (Wildman–Crippen LogP) is 27.9. The highest BCUT2D eigenvalue weighted by atomic mass is 79.9. The molecule has 2 amide bonds. The van der Waals surface area contributed by atoms with Crippen LogP contribution in [0.5, 0.6) is 0 Å². The summed E-state index contributed by atoms with van der Waals surface area (Å²) in [6, 6.07) is 18.5. The second kappa shape index (κ2) is 44.1. The van der Waals surface area contributed by atoms with Gasteiger partial charge in [0.15, 0.2) is 0 Å². The highest BCUT2D eigenvalue weighted by Crippen LogP contribution is 2.51. The lowest BCUT2D eigenvalue weighted by molar-refractivity contribution is -0.114. The maximum atomic E-state index is 16.0. The molecule has 0 radical (unpaired) electrons. The molecule has 492 valence electrons. The van der Waals surface area contributed by atoms with E-state index in [0.717, 1.165) is 72.2 Å². The van der Waals surface area contributed by atoms with Gasteiger partial charge in [-0.3, -0.25) is 9.59 Å². The predicted molar refractivity (Wildman–Crippen MR) is 398 cm³/mol. The van der Waals surface area contributed by atoms with Crippen molar-refractivity contribution in [3.8, 4) is 20.9 Å². The molecule has 6 rings (SSSR count). The molecule has 0 bridgehead atoms. The summed E-state index contributed by atoms with van der Waals surface area (Å²) in [4.78, 5) is 38.9. The number of thiophene rings is 2. The molecule has 0 saturated carbocycles. The van der Waals surface area contributed by atoms with Gasteiger partial charge in [0.25, 0.3) is 11.8 Å². The molecule has 0 N–H and O–H groups in total. The summed E-state index contributed by atoms with van der Waals surface area (Å²) < 4.78 is 2.46. The third kappa shape index (κ3) is 24.7. The van der Waals surface area contributed by atoms with Crippen LogP contribution in [0.1, 0.15) is 346 Å². The SMILES string of the molecule is CCCCCCCCCCCCc1cc(-c2ccc3c(c2)N(CC(CCCCCC)CCCCCCCC)C(=O)/C3=C2/C(=O)N(CC(CCCCCC)CCCCCCCC)c3cc(-c4cc(CCCCCCCCCCCC)c(Br)s4)ccc32)sc1Br. The fourth-order valence-electron chi connectivity index (χ4n) is 14.2. The first kappa shape index (κ1) is 74.5. The number of rotatable bonds is 52. The molecule has 2 unspecified atom stereocenters. The molecule has 2 aromatic heterocycles. The molecule has 4 heterocycles. The van der Waals surface area contributed by atoms with Crippen molar-refractivity contribution in [2.45, 2.75) is 337 Å². The van der Waals surface area contributed by atoms with Crippen LogP contribution in [0, 0.1) is 11.8 Å². The molecule has 2 atom stereocenters. The van der Waals surface area contributed by atoms with E-state index in [0.29, 0.717) is 36.1 Å². The number of hydrogen-bond acceptors (Lipinski definition) is 4. The van der Waals surface area contributed by atoms with Gasteiger partial charge in [0.1, 0.15) is 0 Å². The quantitative estimate of drug-likeness (QED) is 0.0327. The smallest absolute Gasteiger partial charge is 0.259 e. The number of anilines is 2. The van der Waals surface area contributed by atoms with Gasteiger partial charge in [0, 0.05) is 34.0 Å². The van der Waals surface area contributed by atoms with Crippen LogP contribution >= 0.6 is 54.5 Å². The molecule has 0 saturated heterocycles. The molecular formula is C80H124Br2N2O2S2. The summed E-state index contributed by atoms with van der Waals surface area (Å²) in [6.45, 7) is 15.2. The average Bonchev–Trinajstić information content (AvgIpc) is 1.85. The van der Waals surface area contributed by atoms with Crippen molar-refractivity contribution in [2.75, 3.05) is 22.9 Å². The van der Waals surface area contributed by atoms with Crippen molar-refractivity contribution in [2.24, 2.45) is 11.8 Å². The first-order valence-corrected chi connectivity index (χ1v) is 40.6. The number of carbonyl (C=O) groups is 2. The highest BCUT2D eigenvalue weighted by molar-refractivity contribution is 9.11. The van der Waals surface area contributed by atoms with Crippen molar-refractivity contribution in [3.05, 3.63) is 78.4 Å². The molecule has 8 heteroatoms. The number of halogens is 2. The molecule has 0 spiro atoms. The van der Waals surface area contributed by atoms with E-state index in [1.807, 2.05) is 22.7 Å². The summed E-state index contributed by atoms with van der Waals surface area (Å²) in [6.07, 6.45) is 58.7. The van der Waals surface area contributed by atoms with Gasteiger partial charge in [-0.05, 0) is 142 Å². The Hall–Kier alpha value is -2.52. The van der Waals surface area contributed by atoms with E-state index in [9.17, 15) is 0 Å². The van der Waals surface area contributed by atoms with Crippen LogP contribution in [0.3, 0.4) is 0 Å². The Labute approximate surface area is 565 Å². The van der Waals surface area contributed by atoms with Crippen molar-refractivity contribution >= 4 is 88.9 Å². The molecule has 4 aromatic rings. The van der Waals surface area contributed by atoms with Gasteiger partial charge in [-0.25, -0.2) is 0 Å². The Morgan fingerprint density at radius 1 is 0.341 bits per heavy atom. The Balaban J connectivity index is 1.36. The highest BCUT2D eigenvalue weighted by Gasteiger charge is 2.43. The summed E-state index contributed by atoms with van der Waals surface area (Å²) >= 11 is 11.7. The van der Waals surface area contributed by atoms with E-state index in [4.69, 9.17) is 0 Å². The normalized spacial score (nSPS) is 14.7. The van der Waals surface area contributed by atoms with Crippen LogP contribution in [0.25, 0.3) is 32.0 Å². The zero-order valence-electron chi connectivity index (χ0n) is 57.0. The number of hydrogen-bond donors (Lipinski definition) is 0. The lowest BCUT2D eigenvalue weighted by Gasteiger charge is -2.25. The number of fused-ring (bicyclic) bond motifs is 2. The van der Waals surface area contributed by atoms with E-state index in [1.165, 1.54) is 285 Å². The molecule has 2 aliphatic rings. The minimum Gasteiger partial charge on any atom is -0.307 e. The van der Waals surface area contributed by atoms with Gasteiger partial charge < -0.3 is 9.80 Å². The molecule has 4 nitrogen and oxygen atoms in total. The summed E-state index contributed by atoms with van der Waals surface area (Å²) in [7, 11) is 0. The third-order valence-electron chi connectivity index (χ3n) is 19.7. The second-order valence-corrected chi connectivity index (χ2v) is 32.0. The van der Waals surface area contributed by atoms with E-state index in [-0.39, 0.29) is 11.8 Å². The molecule has 0 fully saturated rings. The largest absolute Gasteiger partial charge is 0.307 e. The monoisotopic (exact) mass is 1370 g/mol. The average molecular weight is 1370 g/mol. The maximum absolute atomic E-state index is 16.0. The zero-order chi connectivity index (χ0) is 62.6. The standard InChI is InChI=1S/C80H124Br2N2O2S2/c1-7-13-19-25-29-31-33-35-39-45-51-67-59-73(87-77(67)81)65-53-55-69-71(57-65)83(61-63(47-41-23-17-11-5)49-43-37-27-21-15-9-3)79(85)75(69)76-70-56-54-66(74-60-68(78(82)88-74)52-46-40-36-34-32-30-26-20-14-8-2)58-72(70)84(80(76)86)62-64(48-42-24-18-12-6)50-44-38-28-22-16-10-4/h53-60,63-64H,7-52,61-62H2,1-6H3/b76-75+. The van der Waals surface area contributed by atoms with E-state index < -0.39 is 0 Å². The maximum Gasteiger partial charge on any atom is 0.259 e. The van der Waals surface area contributed by atoms with Crippen molar-refractivity contribution in [1.82, 2.24) is 0 Å². The minimum atomic E-state index is 0.0184. The molecule has 0 aliphatic carbocycles. The minimum absolute atomic E-state index is 0.0184.